The van der Waals surface area contributed by atoms with Crippen molar-refractivity contribution in [2.24, 2.45) is 23.7 Å². The Labute approximate surface area is 308 Å². The van der Waals surface area contributed by atoms with E-state index in [1.165, 1.54) is 38.5 Å². The Hall–Kier alpha value is -0.747. The number of hydrogen-bond donors (Lipinski definition) is 0. The Morgan fingerprint density at radius 2 is 0.915 bits per heavy atom. The van der Waals surface area contributed by atoms with Gasteiger partial charge in [0.2, 0.25) is 0 Å². The molecular weight excluding hydrogens is 691 g/mol. The van der Waals surface area contributed by atoms with Gasteiger partial charge in [-0.25, -0.2) is 0 Å². The van der Waals surface area contributed by atoms with Gasteiger partial charge in [-0.05, 0) is 0 Å². The second-order valence-electron chi connectivity index (χ2n) is 19.9. The summed E-state index contributed by atoms with van der Waals surface area (Å²) in [5, 5.41) is 0. The number of fused-ring (bicyclic) bond motifs is 3. The van der Waals surface area contributed by atoms with Crippen LogP contribution >= 0.6 is 0 Å². The van der Waals surface area contributed by atoms with Crippen molar-refractivity contribution < 1.29 is 46.1 Å². The minimum atomic E-state index is -2.38. The van der Waals surface area contributed by atoms with Crippen LogP contribution in [0.4, 0.5) is 0 Å². The summed E-state index contributed by atoms with van der Waals surface area (Å²) in [5.74, 6) is 3.86. The van der Waals surface area contributed by atoms with Gasteiger partial charge >= 0.3 is 285 Å². The Morgan fingerprint density at radius 3 is 1.26 bits per heavy atom. The van der Waals surface area contributed by atoms with Gasteiger partial charge in [-0.15, -0.1) is 0 Å². The molecule has 0 radical (unpaired) electrons. The van der Waals surface area contributed by atoms with Crippen LogP contribution in [-0.4, -0.2) is 3.21 Å². The average molecular weight is 751 g/mol. The molecule has 2 aromatic rings. The molecule has 0 spiro atoms. The summed E-state index contributed by atoms with van der Waals surface area (Å²) < 4.78 is 4.65. The fraction of sp³-hybridized carbons (Fsp3) is 0.614. The number of rotatable bonds is 2. The fourth-order valence-corrected chi connectivity index (χ4v) is 20.6. The van der Waals surface area contributed by atoms with E-state index in [0.717, 1.165) is 23.7 Å². The molecule has 4 saturated carbocycles. The SMILES string of the molecule is CC(C)(C)c1cc2c(cc1C(C)(C)C)[CH]([Zr+2]([C]1=CC=CC1)=[C]1C3CC4CC(C3)CC1C4)c1cc(C(C)(C)C)c(C(C)(C)C)cc1-2.[Cl-].[Cl-]. The molecule has 4 fully saturated rings. The maximum absolute atomic E-state index is 2.77. The maximum Gasteiger partial charge on any atom is -1.00 e. The Bertz CT molecular complexity index is 1540. The standard InChI is InChI=1S/C29H41.C10H14.C5H5.2ClH.Zr/c1-26(2,3)22-14-18-13-19-15-23(27(4,5)6)25(29(10,11)12)17-21(19)20(18)16-24(22)28(7,8)9;1-7-2-9-4-8(1)5-10(3-7)6-9;1-2-4-5-3-1;;;/h13-17H,1-12H3;7-10H,1-5H2;1-3H,4H2;2*1H;/q;;;;;+2/p-2. The molecule has 0 unspecified atom stereocenters. The molecule has 8 rings (SSSR count). The molecular formula is C44H60Cl2Zr. The number of hydrogen-bond acceptors (Lipinski definition) is 0. The van der Waals surface area contributed by atoms with Crippen LogP contribution in [0.1, 0.15) is 159 Å². The zero-order valence-electron chi connectivity index (χ0n) is 31.4. The molecule has 3 heteroatoms. The molecule has 47 heavy (non-hydrogen) atoms. The molecule has 2 aromatic carbocycles. The van der Waals surface area contributed by atoms with Crippen LogP contribution in [0.15, 0.2) is 45.8 Å². The Morgan fingerprint density at radius 1 is 0.532 bits per heavy atom. The molecule has 254 valence electrons. The van der Waals surface area contributed by atoms with E-state index < -0.39 is 21.3 Å². The summed E-state index contributed by atoms with van der Waals surface area (Å²) in [6.07, 6.45) is 16.3. The first-order valence-electron chi connectivity index (χ1n) is 18.3. The van der Waals surface area contributed by atoms with Crippen molar-refractivity contribution in [2.75, 3.05) is 0 Å². The predicted molar refractivity (Wildman–Crippen MR) is 192 cm³/mol. The first-order valence-corrected chi connectivity index (χ1v) is 22.2. The van der Waals surface area contributed by atoms with Gasteiger partial charge in [0.25, 0.3) is 0 Å². The fourth-order valence-electron chi connectivity index (χ4n) is 10.5. The number of benzene rings is 2. The van der Waals surface area contributed by atoms with Gasteiger partial charge in [-0.1, -0.05) is 0 Å². The Kier molecular flexibility index (Phi) is 9.96. The summed E-state index contributed by atoms with van der Waals surface area (Å²) in [4.78, 5) is 0. The summed E-state index contributed by atoms with van der Waals surface area (Å²) in [6, 6.07) is 10.9. The minimum Gasteiger partial charge on any atom is -1.00 e. The molecule has 6 aliphatic carbocycles. The van der Waals surface area contributed by atoms with Crippen LogP contribution in [0.3, 0.4) is 0 Å². The van der Waals surface area contributed by atoms with Crippen molar-refractivity contribution >= 4 is 3.21 Å². The third kappa shape index (κ3) is 6.49. The van der Waals surface area contributed by atoms with Crippen LogP contribution < -0.4 is 24.8 Å². The van der Waals surface area contributed by atoms with Gasteiger partial charge in [0.1, 0.15) is 0 Å². The third-order valence-corrected chi connectivity index (χ3v) is 21.4. The molecule has 6 aliphatic rings. The number of allylic oxidation sites excluding steroid dienone is 4. The van der Waals surface area contributed by atoms with Gasteiger partial charge in [0.05, 0.1) is 0 Å². The van der Waals surface area contributed by atoms with Gasteiger partial charge < -0.3 is 24.8 Å². The second kappa shape index (κ2) is 12.5. The molecule has 0 saturated heterocycles. The third-order valence-electron chi connectivity index (χ3n) is 12.3. The normalized spacial score (nSPS) is 24.7. The summed E-state index contributed by atoms with van der Waals surface area (Å²) >= 11 is -2.38. The Balaban J connectivity index is 0.00000217. The van der Waals surface area contributed by atoms with Crippen molar-refractivity contribution in [1.82, 2.24) is 0 Å². The molecule has 4 bridgehead atoms. The van der Waals surface area contributed by atoms with Crippen molar-refractivity contribution in [1.29, 1.82) is 0 Å². The van der Waals surface area contributed by atoms with Crippen molar-refractivity contribution in [3.8, 4) is 11.1 Å². The van der Waals surface area contributed by atoms with E-state index in [2.05, 4.69) is 129 Å². The zero-order chi connectivity index (χ0) is 32.4. The molecule has 0 heterocycles. The summed E-state index contributed by atoms with van der Waals surface area (Å²) in [6.45, 7) is 29.3. The second-order valence-corrected chi connectivity index (χ2v) is 26.4. The molecule has 0 nitrogen and oxygen atoms in total. The van der Waals surface area contributed by atoms with Crippen LogP contribution in [0, 0.1) is 23.7 Å². The van der Waals surface area contributed by atoms with Crippen LogP contribution in [0.2, 0.25) is 0 Å². The van der Waals surface area contributed by atoms with Gasteiger partial charge in [-0.2, -0.15) is 0 Å². The van der Waals surface area contributed by atoms with E-state index in [9.17, 15) is 0 Å². The average Bonchev–Trinajstić information content (AvgIpc) is 3.53. The quantitative estimate of drug-likeness (QED) is 0.351. The van der Waals surface area contributed by atoms with Gasteiger partial charge in [0.15, 0.2) is 0 Å². The van der Waals surface area contributed by atoms with Gasteiger partial charge in [-0.3, -0.25) is 0 Å². The van der Waals surface area contributed by atoms with E-state index >= 15 is 0 Å². The first kappa shape index (κ1) is 37.5. The minimum absolute atomic E-state index is 0. The largest absolute Gasteiger partial charge is 1.00 e. The first-order chi connectivity index (χ1) is 20.8. The van der Waals surface area contributed by atoms with Crippen molar-refractivity contribution in [3.05, 3.63) is 79.2 Å². The van der Waals surface area contributed by atoms with E-state index in [0.29, 0.717) is 3.63 Å². The summed E-state index contributed by atoms with van der Waals surface area (Å²) in [7, 11) is 0. The van der Waals surface area contributed by atoms with E-state index in [-0.39, 0.29) is 46.5 Å². The predicted octanol–water partition coefficient (Wildman–Crippen LogP) is 6.04. The van der Waals surface area contributed by atoms with Crippen LogP contribution in [-0.2, 0) is 42.9 Å². The van der Waals surface area contributed by atoms with Crippen molar-refractivity contribution in [3.63, 3.8) is 0 Å². The zero-order valence-corrected chi connectivity index (χ0v) is 35.4. The molecule has 0 atom stereocenters. The molecule has 0 aromatic heterocycles. The summed E-state index contributed by atoms with van der Waals surface area (Å²) in [5.41, 5.74) is 13.2. The number of halogens is 2. The van der Waals surface area contributed by atoms with E-state index in [1.54, 1.807) is 44.5 Å². The van der Waals surface area contributed by atoms with E-state index in [4.69, 9.17) is 0 Å². The van der Waals surface area contributed by atoms with E-state index in [1.807, 2.05) is 3.28 Å². The smallest absolute Gasteiger partial charge is 1.00 e. The topological polar surface area (TPSA) is 0 Å². The monoisotopic (exact) mass is 748 g/mol. The maximum atomic E-state index is 2.77. The molecule has 0 amide bonds. The molecule has 0 N–H and O–H groups in total. The van der Waals surface area contributed by atoms with Crippen LogP contribution in [0.5, 0.6) is 0 Å². The molecule has 0 aliphatic heterocycles. The van der Waals surface area contributed by atoms with Crippen LogP contribution in [0.25, 0.3) is 11.1 Å². The van der Waals surface area contributed by atoms with Gasteiger partial charge in [0, 0.05) is 0 Å². The van der Waals surface area contributed by atoms with Crippen molar-refractivity contribution in [2.45, 2.75) is 147 Å².